The van der Waals surface area contributed by atoms with E-state index < -0.39 is 28.5 Å². The van der Waals surface area contributed by atoms with Crippen LogP contribution in [0.5, 0.6) is 5.75 Å². The average Bonchev–Trinajstić information content (AvgIpc) is 3.07. The number of unbranched alkanes of at least 4 members (excludes halogenated alkanes) is 1. The summed E-state index contributed by atoms with van der Waals surface area (Å²) in [4.78, 5) is 29.9. The molecule has 4 rings (SSSR count). The number of amides is 2. The minimum Gasteiger partial charge on any atom is -0.495 e. The van der Waals surface area contributed by atoms with Gasteiger partial charge in [-0.15, -0.1) is 0 Å². The molecule has 0 unspecified atom stereocenters. The zero-order valence-electron chi connectivity index (χ0n) is 27.0. The summed E-state index contributed by atoms with van der Waals surface area (Å²) in [5.41, 5.74) is 2.45. The molecule has 48 heavy (non-hydrogen) atoms. The van der Waals surface area contributed by atoms with Crippen LogP contribution in [0, 0.1) is 6.92 Å². The molecule has 0 heterocycles. The van der Waals surface area contributed by atoms with Gasteiger partial charge in [-0.1, -0.05) is 102 Å². The standard InChI is InChI=1S/C36H38Cl3N3O5S/c1-4-5-19-40-36(44)33(21-26-9-7-6-8-10-26)41(23-27-13-17-30(37)31(38)20-27)35(43)24-42(28-14-18-34(47-3)32(39)22-28)48(45,46)29-15-11-25(2)12-16-29/h6-18,20,22,33H,4-5,19,21,23-24H2,1-3H3,(H,40,44)/t33-/m0/s1. The Kier molecular flexibility index (Phi) is 13.2. The highest BCUT2D eigenvalue weighted by molar-refractivity contribution is 7.92. The number of halogens is 3. The van der Waals surface area contributed by atoms with Crippen LogP contribution >= 0.6 is 34.8 Å². The number of nitrogens with zero attached hydrogens (tertiary/aromatic N) is 2. The monoisotopic (exact) mass is 729 g/mol. The van der Waals surface area contributed by atoms with Gasteiger partial charge < -0.3 is 15.0 Å². The molecule has 0 saturated carbocycles. The minimum atomic E-state index is -4.30. The van der Waals surface area contributed by atoms with E-state index in [4.69, 9.17) is 39.5 Å². The summed E-state index contributed by atoms with van der Waals surface area (Å²) < 4.78 is 34.8. The van der Waals surface area contributed by atoms with Crippen LogP contribution in [0.25, 0.3) is 0 Å². The van der Waals surface area contributed by atoms with E-state index in [1.165, 1.54) is 42.3 Å². The maximum atomic E-state index is 14.6. The second kappa shape index (κ2) is 17.1. The topological polar surface area (TPSA) is 96.0 Å². The summed E-state index contributed by atoms with van der Waals surface area (Å²) in [5.74, 6) is -0.635. The van der Waals surface area contributed by atoms with E-state index in [1.54, 1.807) is 30.3 Å². The minimum absolute atomic E-state index is 0.0120. The third kappa shape index (κ3) is 9.44. The summed E-state index contributed by atoms with van der Waals surface area (Å²) in [6, 6.07) is 24.1. The van der Waals surface area contributed by atoms with Gasteiger partial charge in [0, 0.05) is 19.5 Å². The Morgan fingerprint density at radius 3 is 2.19 bits per heavy atom. The zero-order valence-corrected chi connectivity index (χ0v) is 30.0. The summed E-state index contributed by atoms with van der Waals surface area (Å²) in [7, 11) is -2.85. The Morgan fingerprint density at radius 2 is 1.56 bits per heavy atom. The van der Waals surface area contributed by atoms with E-state index in [0.717, 1.165) is 28.3 Å². The van der Waals surface area contributed by atoms with Gasteiger partial charge in [-0.3, -0.25) is 13.9 Å². The van der Waals surface area contributed by atoms with Gasteiger partial charge in [0.15, 0.2) is 0 Å². The number of carbonyl (C=O) groups is 2. The predicted octanol–water partition coefficient (Wildman–Crippen LogP) is 7.72. The number of ether oxygens (including phenoxy) is 1. The first-order valence-electron chi connectivity index (χ1n) is 15.4. The van der Waals surface area contributed by atoms with E-state index in [2.05, 4.69) is 5.32 Å². The molecule has 0 spiro atoms. The molecular weight excluding hydrogens is 693 g/mol. The molecule has 2 amide bonds. The van der Waals surface area contributed by atoms with Crippen LogP contribution in [-0.2, 0) is 32.6 Å². The highest BCUT2D eigenvalue weighted by atomic mass is 35.5. The predicted molar refractivity (Wildman–Crippen MR) is 193 cm³/mol. The van der Waals surface area contributed by atoms with Crippen molar-refractivity contribution in [1.82, 2.24) is 10.2 Å². The molecular formula is C36H38Cl3N3O5S. The molecule has 12 heteroatoms. The summed E-state index contributed by atoms with van der Waals surface area (Å²) in [5, 5.41) is 3.75. The smallest absolute Gasteiger partial charge is 0.264 e. The number of aryl methyl sites for hydroxylation is 1. The molecule has 0 saturated heterocycles. The van der Waals surface area contributed by atoms with E-state index in [1.807, 2.05) is 44.2 Å². The summed E-state index contributed by atoms with van der Waals surface area (Å²) in [6.45, 7) is 3.61. The Balaban J connectivity index is 1.83. The SMILES string of the molecule is CCCCNC(=O)[C@H](Cc1ccccc1)N(Cc1ccc(Cl)c(Cl)c1)C(=O)CN(c1ccc(OC)c(Cl)c1)S(=O)(=O)c1ccc(C)cc1. The lowest BCUT2D eigenvalue weighted by molar-refractivity contribution is -0.140. The molecule has 4 aromatic rings. The van der Waals surface area contributed by atoms with Crippen molar-refractivity contribution in [3.8, 4) is 5.75 Å². The highest BCUT2D eigenvalue weighted by Crippen LogP contribution is 2.32. The largest absolute Gasteiger partial charge is 0.495 e. The molecule has 0 aliphatic heterocycles. The maximum Gasteiger partial charge on any atom is 0.264 e. The number of carbonyl (C=O) groups excluding carboxylic acids is 2. The quantitative estimate of drug-likeness (QED) is 0.127. The Morgan fingerprint density at radius 1 is 0.854 bits per heavy atom. The molecule has 254 valence electrons. The van der Waals surface area contributed by atoms with Crippen LogP contribution in [0.3, 0.4) is 0 Å². The van der Waals surface area contributed by atoms with E-state index in [0.29, 0.717) is 22.9 Å². The lowest BCUT2D eigenvalue weighted by Gasteiger charge is -2.34. The van der Waals surface area contributed by atoms with Gasteiger partial charge in [-0.05, 0) is 66.9 Å². The summed E-state index contributed by atoms with van der Waals surface area (Å²) >= 11 is 19.0. The van der Waals surface area contributed by atoms with Crippen LogP contribution in [0.15, 0.2) is 95.9 Å². The Bertz CT molecular complexity index is 1820. The van der Waals surface area contributed by atoms with Crippen LogP contribution in [0.4, 0.5) is 5.69 Å². The van der Waals surface area contributed by atoms with Gasteiger partial charge in [0.25, 0.3) is 10.0 Å². The normalized spacial score (nSPS) is 11.9. The van der Waals surface area contributed by atoms with Crippen LogP contribution in [-0.4, -0.2) is 51.4 Å². The van der Waals surface area contributed by atoms with Gasteiger partial charge in [-0.2, -0.15) is 0 Å². The van der Waals surface area contributed by atoms with Crippen molar-refractivity contribution >= 4 is 62.3 Å². The van der Waals surface area contributed by atoms with E-state index in [9.17, 15) is 18.0 Å². The van der Waals surface area contributed by atoms with Gasteiger partial charge in [0.2, 0.25) is 11.8 Å². The van der Waals surface area contributed by atoms with Gasteiger partial charge in [-0.25, -0.2) is 8.42 Å². The van der Waals surface area contributed by atoms with Crippen LogP contribution in [0.1, 0.15) is 36.5 Å². The number of hydrogen-bond donors (Lipinski definition) is 1. The number of hydrogen-bond acceptors (Lipinski definition) is 5. The molecule has 0 fully saturated rings. The molecule has 4 aromatic carbocycles. The third-order valence-electron chi connectivity index (χ3n) is 7.75. The second-order valence-corrected chi connectivity index (χ2v) is 14.3. The lowest BCUT2D eigenvalue weighted by atomic mass is 10.0. The van der Waals surface area contributed by atoms with Crippen molar-refractivity contribution < 1.29 is 22.7 Å². The number of nitrogens with one attached hydrogen (secondary N) is 1. The van der Waals surface area contributed by atoms with Crippen LogP contribution in [0.2, 0.25) is 15.1 Å². The number of sulfonamides is 1. The molecule has 0 radical (unpaired) electrons. The van der Waals surface area contributed by atoms with Crippen molar-refractivity contribution in [2.75, 3.05) is 24.5 Å². The molecule has 0 bridgehead atoms. The number of anilines is 1. The fraction of sp³-hybridized carbons (Fsp3) is 0.278. The van der Waals surface area contributed by atoms with Crippen molar-refractivity contribution in [2.24, 2.45) is 0 Å². The Labute approximate surface area is 297 Å². The maximum absolute atomic E-state index is 14.6. The molecule has 0 aliphatic rings. The number of methoxy groups -OCH3 is 1. The zero-order chi connectivity index (χ0) is 34.8. The molecule has 0 aliphatic carbocycles. The molecule has 1 atom stereocenters. The summed E-state index contributed by atoms with van der Waals surface area (Å²) in [6.07, 6.45) is 1.81. The van der Waals surface area contributed by atoms with Crippen molar-refractivity contribution in [3.05, 3.63) is 123 Å². The molecule has 8 nitrogen and oxygen atoms in total. The average molecular weight is 731 g/mol. The van der Waals surface area contributed by atoms with Gasteiger partial charge in [0.1, 0.15) is 18.3 Å². The van der Waals surface area contributed by atoms with Gasteiger partial charge in [0.05, 0.1) is 32.8 Å². The molecule has 0 aromatic heterocycles. The highest BCUT2D eigenvalue weighted by Gasteiger charge is 2.35. The second-order valence-electron chi connectivity index (χ2n) is 11.3. The molecule has 1 N–H and O–H groups in total. The van der Waals surface area contributed by atoms with Crippen molar-refractivity contribution in [3.63, 3.8) is 0 Å². The first-order valence-corrected chi connectivity index (χ1v) is 18.0. The van der Waals surface area contributed by atoms with Crippen LogP contribution < -0.4 is 14.4 Å². The third-order valence-corrected chi connectivity index (χ3v) is 10.6. The first-order chi connectivity index (χ1) is 22.9. The van der Waals surface area contributed by atoms with E-state index >= 15 is 0 Å². The Hall–Kier alpha value is -3.76. The number of benzene rings is 4. The first kappa shape index (κ1) is 37.1. The number of rotatable bonds is 15. The lowest BCUT2D eigenvalue weighted by Crippen LogP contribution is -2.53. The van der Waals surface area contributed by atoms with Crippen molar-refractivity contribution in [2.45, 2.75) is 50.6 Å². The van der Waals surface area contributed by atoms with Gasteiger partial charge >= 0.3 is 0 Å². The van der Waals surface area contributed by atoms with Crippen molar-refractivity contribution in [1.29, 1.82) is 0 Å². The fourth-order valence-corrected chi connectivity index (χ4v) is 7.05. The fourth-order valence-electron chi connectivity index (χ4n) is 5.07. The van der Waals surface area contributed by atoms with E-state index in [-0.39, 0.29) is 39.5 Å².